The highest BCUT2D eigenvalue weighted by molar-refractivity contribution is 4.94. The van der Waals surface area contributed by atoms with E-state index in [2.05, 4.69) is 0 Å². The van der Waals surface area contributed by atoms with Crippen LogP contribution in [0.25, 0.3) is 0 Å². The Morgan fingerprint density at radius 2 is 2.00 bits per heavy atom. The van der Waals surface area contributed by atoms with Gasteiger partial charge in [0.25, 0.3) is 0 Å². The molecule has 2 aliphatic heterocycles. The Bertz CT molecular complexity index is 169. The molecule has 76 valence electrons. The second-order valence-electron chi connectivity index (χ2n) is 4.33. The Labute approximate surface area is 79.0 Å². The Balaban J connectivity index is 1.92. The summed E-state index contributed by atoms with van der Waals surface area (Å²) in [7, 11) is 1.68. The molecule has 1 N–H and O–H groups in total. The molecule has 0 amide bonds. The molecule has 0 aromatic heterocycles. The first kappa shape index (κ1) is 9.44. The standard InChI is InChI=1S/C10H18O3/c1-12-5-4-10(11)6-8-2-3-9(7-10)13-8/h8-9,11H,2-7H2,1H3. The molecule has 0 spiro atoms. The predicted octanol–water partition coefficient (Wildman–Crippen LogP) is 1.10. The van der Waals surface area contributed by atoms with Crippen molar-refractivity contribution in [3.8, 4) is 0 Å². The van der Waals surface area contributed by atoms with Crippen molar-refractivity contribution in [2.24, 2.45) is 0 Å². The van der Waals surface area contributed by atoms with Gasteiger partial charge in [-0.15, -0.1) is 0 Å². The van der Waals surface area contributed by atoms with Crippen molar-refractivity contribution in [3.63, 3.8) is 0 Å². The molecular formula is C10H18O3. The van der Waals surface area contributed by atoms with Gasteiger partial charge in [-0.3, -0.25) is 0 Å². The van der Waals surface area contributed by atoms with Gasteiger partial charge in [0.2, 0.25) is 0 Å². The van der Waals surface area contributed by atoms with E-state index in [-0.39, 0.29) is 0 Å². The quantitative estimate of drug-likeness (QED) is 0.717. The zero-order chi connectivity index (χ0) is 9.31. The Morgan fingerprint density at radius 1 is 1.38 bits per heavy atom. The summed E-state index contributed by atoms with van der Waals surface area (Å²) in [5.74, 6) is 0. The lowest BCUT2D eigenvalue weighted by Crippen LogP contribution is -2.41. The number of fused-ring (bicyclic) bond motifs is 2. The van der Waals surface area contributed by atoms with Gasteiger partial charge >= 0.3 is 0 Å². The monoisotopic (exact) mass is 186 g/mol. The van der Waals surface area contributed by atoms with E-state index in [0.717, 1.165) is 32.1 Å². The molecular weight excluding hydrogens is 168 g/mol. The van der Waals surface area contributed by atoms with Crippen LogP contribution in [-0.4, -0.2) is 36.6 Å². The van der Waals surface area contributed by atoms with Gasteiger partial charge in [0.15, 0.2) is 0 Å². The van der Waals surface area contributed by atoms with Crippen LogP contribution < -0.4 is 0 Å². The third kappa shape index (κ3) is 2.03. The number of ether oxygens (including phenoxy) is 2. The van der Waals surface area contributed by atoms with Crippen LogP contribution in [0, 0.1) is 0 Å². The first-order valence-corrected chi connectivity index (χ1v) is 5.09. The van der Waals surface area contributed by atoms with Gasteiger partial charge in [-0.05, 0) is 19.3 Å². The van der Waals surface area contributed by atoms with Crippen LogP contribution in [0.4, 0.5) is 0 Å². The van der Waals surface area contributed by atoms with Crippen molar-refractivity contribution < 1.29 is 14.6 Å². The second kappa shape index (κ2) is 3.56. The van der Waals surface area contributed by atoms with Gasteiger partial charge in [-0.2, -0.15) is 0 Å². The van der Waals surface area contributed by atoms with Crippen LogP contribution in [0.3, 0.4) is 0 Å². The molecule has 2 rings (SSSR count). The van der Waals surface area contributed by atoms with Crippen molar-refractivity contribution in [1.82, 2.24) is 0 Å². The molecule has 2 aliphatic rings. The maximum atomic E-state index is 10.2. The third-order valence-corrected chi connectivity index (χ3v) is 3.18. The lowest BCUT2D eigenvalue weighted by Gasteiger charge is -2.36. The first-order chi connectivity index (χ1) is 6.22. The molecule has 0 aromatic carbocycles. The molecule has 3 nitrogen and oxygen atoms in total. The maximum Gasteiger partial charge on any atom is 0.0719 e. The average molecular weight is 186 g/mol. The smallest absolute Gasteiger partial charge is 0.0719 e. The second-order valence-corrected chi connectivity index (χ2v) is 4.33. The third-order valence-electron chi connectivity index (χ3n) is 3.18. The van der Waals surface area contributed by atoms with Crippen LogP contribution in [0.1, 0.15) is 32.1 Å². The molecule has 0 radical (unpaired) electrons. The van der Waals surface area contributed by atoms with E-state index in [4.69, 9.17) is 9.47 Å². The van der Waals surface area contributed by atoms with E-state index in [1.807, 2.05) is 0 Å². The topological polar surface area (TPSA) is 38.7 Å². The molecule has 2 fully saturated rings. The van der Waals surface area contributed by atoms with Crippen molar-refractivity contribution in [2.45, 2.75) is 49.9 Å². The molecule has 0 aromatic rings. The molecule has 2 bridgehead atoms. The van der Waals surface area contributed by atoms with Gasteiger partial charge in [0, 0.05) is 26.6 Å². The Morgan fingerprint density at radius 3 is 2.54 bits per heavy atom. The minimum absolute atomic E-state index is 0.306. The largest absolute Gasteiger partial charge is 0.390 e. The SMILES string of the molecule is COCCC1(O)CC2CCC(C1)O2. The van der Waals surface area contributed by atoms with E-state index in [1.54, 1.807) is 7.11 Å². The molecule has 13 heavy (non-hydrogen) atoms. The van der Waals surface area contributed by atoms with Crippen LogP contribution in [0.2, 0.25) is 0 Å². The summed E-state index contributed by atoms with van der Waals surface area (Å²) in [5.41, 5.74) is -0.514. The van der Waals surface area contributed by atoms with Crippen LogP contribution in [-0.2, 0) is 9.47 Å². The fraction of sp³-hybridized carbons (Fsp3) is 1.00. The maximum absolute atomic E-state index is 10.2. The molecule has 2 saturated heterocycles. The summed E-state index contributed by atoms with van der Waals surface area (Å²) in [5, 5.41) is 10.2. The minimum atomic E-state index is -0.514. The van der Waals surface area contributed by atoms with Gasteiger partial charge in [0.1, 0.15) is 0 Å². The zero-order valence-electron chi connectivity index (χ0n) is 8.16. The van der Waals surface area contributed by atoms with E-state index >= 15 is 0 Å². The minimum Gasteiger partial charge on any atom is -0.390 e. The molecule has 0 saturated carbocycles. The van der Waals surface area contributed by atoms with Gasteiger partial charge in [-0.25, -0.2) is 0 Å². The van der Waals surface area contributed by atoms with Crippen LogP contribution in [0.5, 0.6) is 0 Å². The van der Waals surface area contributed by atoms with E-state index < -0.39 is 5.60 Å². The fourth-order valence-corrected chi connectivity index (χ4v) is 2.51. The van der Waals surface area contributed by atoms with Gasteiger partial charge < -0.3 is 14.6 Å². The highest BCUT2D eigenvalue weighted by atomic mass is 16.5. The number of hydrogen-bond donors (Lipinski definition) is 1. The van der Waals surface area contributed by atoms with Crippen LogP contribution >= 0.6 is 0 Å². The van der Waals surface area contributed by atoms with E-state index in [0.29, 0.717) is 18.8 Å². The zero-order valence-corrected chi connectivity index (χ0v) is 8.16. The summed E-state index contributed by atoms with van der Waals surface area (Å²) >= 11 is 0. The van der Waals surface area contributed by atoms with Crippen molar-refractivity contribution in [3.05, 3.63) is 0 Å². The average Bonchev–Trinajstić information content (AvgIpc) is 2.43. The Kier molecular flexibility index (Phi) is 2.58. The predicted molar refractivity (Wildman–Crippen MR) is 48.6 cm³/mol. The highest BCUT2D eigenvalue weighted by Crippen LogP contribution is 2.39. The molecule has 2 unspecified atom stereocenters. The van der Waals surface area contributed by atoms with E-state index in [9.17, 15) is 5.11 Å². The normalized spacial score (nSPS) is 43.8. The van der Waals surface area contributed by atoms with Crippen molar-refractivity contribution in [2.75, 3.05) is 13.7 Å². The van der Waals surface area contributed by atoms with Crippen molar-refractivity contribution >= 4 is 0 Å². The lowest BCUT2D eigenvalue weighted by atomic mass is 9.87. The molecule has 0 aliphatic carbocycles. The molecule has 2 atom stereocenters. The van der Waals surface area contributed by atoms with Gasteiger partial charge in [0.05, 0.1) is 17.8 Å². The van der Waals surface area contributed by atoms with Gasteiger partial charge in [-0.1, -0.05) is 0 Å². The summed E-state index contributed by atoms with van der Waals surface area (Å²) in [6, 6.07) is 0. The number of methoxy groups -OCH3 is 1. The van der Waals surface area contributed by atoms with Crippen LogP contribution in [0.15, 0.2) is 0 Å². The molecule has 3 heteroatoms. The number of aliphatic hydroxyl groups is 1. The fourth-order valence-electron chi connectivity index (χ4n) is 2.51. The summed E-state index contributed by atoms with van der Waals surface area (Å²) in [6.45, 7) is 0.649. The van der Waals surface area contributed by atoms with E-state index in [1.165, 1.54) is 0 Å². The highest BCUT2D eigenvalue weighted by Gasteiger charge is 2.43. The van der Waals surface area contributed by atoms with Crippen molar-refractivity contribution in [1.29, 1.82) is 0 Å². The first-order valence-electron chi connectivity index (χ1n) is 5.09. The number of hydrogen-bond acceptors (Lipinski definition) is 3. The summed E-state index contributed by atoms with van der Waals surface area (Å²) < 4.78 is 10.7. The Hall–Kier alpha value is -0.120. The lowest BCUT2D eigenvalue weighted by molar-refractivity contribution is -0.119. The molecule has 2 heterocycles. The summed E-state index contributed by atoms with van der Waals surface area (Å²) in [6.07, 6.45) is 5.21. The number of rotatable bonds is 3. The summed E-state index contributed by atoms with van der Waals surface area (Å²) in [4.78, 5) is 0.